The van der Waals surface area contributed by atoms with E-state index >= 15 is 0 Å². The molecule has 0 spiro atoms. The standard InChI is InChI=1S/C11H14Cl2N2S/c1-15(8-4-5-16-7-8)11-3-2-9(13)10(6-12)14-11/h2-3,8H,4-7H2,1H3. The van der Waals surface area contributed by atoms with E-state index in [4.69, 9.17) is 23.2 Å². The van der Waals surface area contributed by atoms with Crippen LogP contribution in [0, 0.1) is 0 Å². The summed E-state index contributed by atoms with van der Waals surface area (Å²) in [5, 5.41) is 0.646. The van der Waals surface area contributed by atoms with Gasteiger partial charge < -0.3 is 4.90 Å². The van der Waals surface area contributed by atoms with Crippen molar-refractivity contribution in [2.75, 3.05) is 23.5 Å². The SMILES string of the molecule is CN(c1ccc(Cl)c(CCl)n1)C1CCSC1. The van der Waals surface area contributed by atoms with E-state index in [1.807, 2.05) is 23.9 Å². The van der Waals surface area contributed by atoms with Gasteiger partial charge in [0, 0.05) is 18.8 Å². The van der Waals surface area contributed by atoms with Gasteiger partial charge in [-0.2, -0.15) is 11.8 Å². The Hall–Kier alpha value is -0.120. The molecule has 0 saturated carbocycles. The Morgan fingerprint density at radius 3 is 3.00 bits per heavy atom. The van der Waals surface area contributed by atoms with Crippen LogP contribution in [0.25, 0.3) is 0 Å². The Bertz CT molecular complexity index is 367. The number of rotatable bonds is 3. The molecule has 0 amide bonds. The Kier molecular flexibility index (Phi) is 4.22. The van der Waals surface area contributed by atoms with Crippen molar-refractivity contribution in [3.05, 3.63) is 22.8 Å². The molecule has 88 valence electrons. The molecule has 16 heavy (non-hydrogen) atoms. The molecular weight excluding hydrogens is 263 g/mol. The van der Waals surface area contributed by atoms with E-state index in [1.54, 1.807) is 0 Å². The lowest BCUT2D eigenvalue weighted by Gasteiger charge is -2.25. The topological polar surface area (TPSA) is 16.1 Å². The third-order valence-electron chi connectivity index (χ3n) is 2.85. The normalized spacial score (nSPS) is 20.1. The van der Waals surface area contributed by atoms with E-state index in [0.29, 0.717) is 16.9 Å². The minimum absolute atomic E-state index is 0.361. The maximum atomic E-state index is 5.99. The first-order chi connectivity index (χ1) is 7.72. The third-order valence-corrected chi connectivity index (χ3v) is 4.59. The molecular formula is C11H14Cl2N2S. The van der Waals surface area contributed by atoms with Crippen LogP contribution in [0.1, 0.15) is 12.1 Å². The number of halogens is 2. The molecule has 0 aliphatic carbocycles. The Morgan fingerprint density at radius 2 is 2.38 bits per heavy atom. The lowest BCUT2D eigenvalue weighted by molar-refractivity contribution is 0.690. The van der Waals surface area contributed by atoms with Crippen molar-refractivity contribution in [2.45, 2.75) is 18.3 Å². The number of alkyl halides is 1. The molecule has 2 rings (SSSR count). The molecule has 5 heteroatoms. The number of anilines is 1. The van der Waals surface area contributed by atoms with Gasteiger partial charge in [-0.15, -0.1) is 11.6 Å². The smallest absolute Gasteiger partial charge is 0.128 e. The van der Waals surface area contributed by atoms with Crippen LogP contribution in [0.5, 0.6) is 0 Å². The highest BCUT2D eigenvalue weighted by Gasteiger charge is 2.21. The van der Waals surface area contributed by atoms with Crippen molar-refractivity contribution in [1.29, 1.82) is 0 Å². The molecule has 1 fully saturated rings. The maximum absolute atomic E-state index is 5.99. The van der Waals surface area contributed by atoms with Crippen molar-refractivity contribution in [2.24, 2.45) is 0 Å². The van der Waals surface area contributed by atoms with E-state index < -0.39 is 0 Å². The summed E-state index contributed by atoms with van der Waals surface area (Å²) in [6.45, 7) is 0. The molecule has 1 saturated heterocycles. The molecule has 2 heterocycles. The van der Waals surface area contributed by atoms with Gasteiger partial charge in [-0.1, -0.05) is 11.6 Å². The van der Waals surface area contributed by atoms with Gasteiger partial charge in [0.25, 0.3) is 0 Å². The number of nitrogens with zero attached hydrogens (tertiary/aromatic N) is 2. The summed E-state index contributed by atoms with van der Waals surface area (Å²) >= 11 is 13.8. The highest BCUT2D eigenvalue weighted by Crippen LogP contribution is 2.26. The van der Waals surface area contributed by atoms with Gasteiger partial charge in [0.15, 0.2) is 0 Å². The van der Waals surface area contributed by atoms with Crippen molar-refractivity contribution in [1.82, 2.24) is 4.98 Å². The molecule has 0 N–H and O–H groups in total. The quantitative estimate of drug-likeness (QED) is 0.788. The van der Waals surface area contributed by atoms with Crippen LogP contribution in [-0.2, 0) is 5.88 Å². The summed E-state index contributed by atoms with van der Waals surface area (Å²) in [6, 6.07) is 4.42. The van der Waals surface area contributed by atoms with Gasteiger partial charge in [-0.25, -0.2) is 4.98 Å². The fourth-order valence-electron chi connectivity index (χ4n) is 1.78. The Balaban J connectivity index is 2.19. The maximum Gasteiger partial charge on any atom is 0.128 e. The average Bonchev–Trinajstić information content (AvgIpc) is 2.82. The molecule has 1 aliphatic rings. The van der Waals surface area contributed by atoms with Crippen molar-refractivity contribution < 1.29 is 0 Å². The number of aromatic nitrogens is 1. The molecule has 1 atom stereocenters. The molecule has 0 aromatic carbocycles. The summed E-state index contributed by atoms with van der Waals surface area (Å²) < 4.78 is 0. The van der Waals surface area contributed by atoms with Crippen molar-refractivity contribution in [3.63, 3.8) is 0 Å². The fraction of sp³-hybridized carbons (Fsp3) is 0.545. The van der Waals surface area contributed by atoms with Gasteiger partial charge in [0.2, 0.25) is 0 Å². The predicted octanol–water partition coefficient (Wildman–Crippen LogP) is 3.42. The summed E-state index contributed by atoms with van der Waals surface area (Å²) in [4.78, 5) is 6.72. The average molecular weight is 277 g/mol. The Labute approximate surface area is 110 Å². The summed E-state index contributed by atoms with van der Waals surface area (Å²) in [7, 11) is 2.09. The largest absolute Gasteiger partial charge is 0.356 e. The molecule has 1 aromatic heterocycles. The van der Waals surface area contributed by atoms with Crippen LogP contribution < -0.4 is 4.90 Å². The van der Waals surface area contributed by atoms with Crippen LogP contribution in [0.3, 0.4) is 0 Å². The lowest BCUT2D eigenvalue weighted by Crippen LogP contribution is -2.32. The third kappa shape index (κ3) is 2.58. The molecule has 1 aliphatic heterocycles. The van der Waals surface area contributed by atoms with Gasteiger partial charge >= 0.3 is 0 Å². The van der Waals surface area contributed by atoms with Gasteiger partial charge in [0.05, 0.1) is 16.6 Å². The minimum Gasteiger partial charge on any atom is -0.356 e. The zero-order valence-corrected chi connectivity index (χ0v) is 11.4. The predicted molar refractivity (Wildman–Crippen MR) is 72.9 cm³/mol. The fourth-order valence-corrected chi connectivity index (χ4v) is 3.49. The molecule has 2 nitrogen and oxygen atoms in total. The van der Waals surface area contributed by atoms with E-state index in [1.165, 1.54) is 17.9 Å². The number of pyridine rings is 1. The second-order valence-electron chi connectivity index (χ2n) is 3.86. The molecule has 1 unspecified atom stereocenters. The van der Waals surface area contributed by atoms with Crippen molar-refractivity contribution in [3.8, 4) is 0 Å². The number of hydrogen-bond acceptors (Lipinski definition) is 3. The Morgan fingerprint density at radius 1 is 1.56 bits per heavy atom. The highest BCUT2D eigenvalue weighted by atomic mass is 35.5. The zero-order valence-electron chi connectivity index (χ0n) is 9.12. The minimum atomic E-state index is 0.361. The van der Waals surface area contributed by atoms with Crippen LogP contribution in [0.4, 0.5) is 5.82 Å². The van der Waals surface area contributed by atoms with E-state index in [-0.39, 0.29) is 0 Å². The molecule has 1 aromatic rings. The van der Waals surface area contributed by atoms with Gasteiger partial charge in [0.1, 0.15) is 5.82 Å². The zero-order chi connectivity index (χ0) is 11.5. The number of thioether (sulfide) groups is 1. The summed E-state index contributed by atoms with van der Waals surface area (Å²) in [5.74, 6) is 3.74. The lowest BCUT2D eigenvalue weighted by atomic mass is 10.2. The first-order valence-corrected chi connectivity index (χ1v) is 7.31. The number of hydrogen-bond donors (Lipinski definition) is 0. The van der Waals surface area contributed by atoms with E-state index in [0.717, 1.165) is 11.5 Å². The van der Waals surface area contributed by atoms with Crippen LogP contribution in [0.15, 0.2) is 12.1 Å². The monoisotopic (exact) mass is 276 g/mol. The van der Waals surface area contributed by atoms with Gasteiger partial charge in [-0.05, 0) is 24.3 Å². The van der Waals surface area contributed by atoms with E-state index in [2.05, 4.69) is 16.9 Å². The van der Waals surface area contributed by atoms with Gasteiger partial charge in [-0.3, -0.25) is 0 Å². The first kappa shape index (κ1) is 12.3. The first-order valence-electron chi connectivity index (χ1n) is 5.24. The second-order valence-corrected chi connectivity index (χ2v) is 5.68. The van der Waals surface area contributed by atoms with Crippen LogP contribution in [-0.4, -0.2) is 29.6 Å². The highest BCUT2D eigenvalue weighted by molar-refractivity contribution is 7.99. The second kappa shape index (κ2) is 5.48. The molecule has 0 bridgehead atoms. The summed E-state index contributed by atoms with van der Waals surface area (Å²) in [5.41, 5.74) is 0.762. The van der Waals surface area contributed by atoms with Crippen molar-refractivity contribution >= 4 is 40.8 Å². The van der Waals surface area contributed by atoms with Crippen LogP contribution in [0.2, 0.25) is 5.02 Å². The molecule has 0 radical (unpaired) electrons. The van der Waals surface area contributed by atoms with E-state index in [9.17, 15) is 0 Å². The van der Waals surface area contributed by atoms with Crippen LogP contribution >= 0.6 is 35.0 Å². The summed E-state index contributed by atoms with van der Waals surface area (Å²) in [6.07, 6.45) is 1.22.